The molecule has 1 aliphatic carbocycles. The molecule has 63 heavy (non-hydrogen) atoms. The predicted molar refractivity (Wildman–Crippen MR) is 264 cm³/mol. The lowest BCUT2D eigenvalue weighted by atomic mass is 9.82. The smallest absolute Gasteiger partial charge is 0.168 e. The average Bonchev–Trinajstić information content (AvgIpc) is 3.60. The molecule has 0 amide bonds. The van der Waals surface area contributed by atoms with Crippen molar-refractivity contribution in [2.24, 2.45) is 0 Å². The van der Waals surface area contributed by atoms with Gasteiger partial charge in [0.2, 0.25) is 0 Å². The molecule has 0 bridgehead atoms. The minimum Gasteiger partial charge on any atom is -0.227 e. The van der Waals surface area contributed by atoms with Crippen LogP contribution in [-0.2, 0) is 0 Å². The molecule has 0 radical (unpaired) electrons. The van der Waals surface area contributed by atoms with Crippen molar-refractivity contribution in [3.63, 3.8) is 0 Å². The third kappa shape index (κ3) is 7.42. The highest BCUT2D eigenvalue weighted by Gasteiger charge is 2.22. The Labute approximate surface area is 368 Å². The summed E-state index contributed by atoms with van der Waals surface area (Å²) in [6.45, 7) is 0. The van der Waals surface area contributed by atoms with E-state index in [2.05, 4.69) is 236 Å². The Morgan fingerprint density at radius 1 is 0.286 bits per heavy atom. The van der Waals surface area contributed by atoms with Gasteiger partial charge in [0.05, 0.1) is 17.0 Å². The molecule has 11 rings (SSSR count). The van der Waals surface area contributed by atoms with Crippen LogP contribution in [0, 0.1) is 0 Å². The number of hydrogen-bond donors (Lipinski definition) is 0. The number of nitrogens with zero attached hydrogens (tertiary/aromatic N) is 2. The van der Waals surface area contributed by atoms with E-state index in [9.17, 15) is 0 Å². The van der Waals surface area contributed by atoms with Crippen molar-refractivity contribution in [1.29, 1.82) is 0 Å². The number of benzene rings is 9. The van der Waals surface area contributed by atoms with Crippen LogP contribution in [0.2, 0.25) is 0 Å². The third-order valence-corrected chi connectivity index (χ3v) is 11.9. The van der Waals surface area contributed by atoms with Gasteiger partial charge in [-0.3, -0.25) is 0 Å². The second-order valence-electron chi connectivity index (χ2n) is 15.8. The van der Waals surface area contributed by atoms with Crippen molar-refractivity contribution < 1.29 is 0 Å². The summed E-state index contributed by atoms with van der Waals surface area (Å²) in [7, 11) is 0. The molecule has 10 aromatic rings. The lowest BCUT2D eigenvalue weighted by Crippen LogP contribution is -1.98. The first-order valence-electron chi connectivity index (χ1n) is 21.4. The monoisotopic (exact) mass is 800 g/mol. The maximum atomic E-state index is 5.19. The van der Waals surface area contributed by atoms with Gasteiger partial charge >= 0.3 is 0 Å². The summed E-state index contributed by atoms with van der Waals surface area (Å²) in [5.41, 5.74) is 22.3. The van der Waals surface area contributed by atoms with Crippen LogP contribution in [0.5, 0.6) is 0 Å². The highest BCUT2D eigenvalue weighted by atomic mass is 14.9. The lowest BCUT2D eigenvalue weighted by molar-refractivity contribution is 1.13. The Hall–Kier alpha value is -8.42. The standard InChI is InChI=1S/C61H40N2/c1-7-19-42(20-8-1)50-37-51(43-21-9-2-10-22-43)39-52(38-50)49-33-36-55-56(40-49)60(47-29-17-6-18-30-47)54-35-32-48(31-34-53(54)59(55)46-27-15-5-16-28-46)61-62-57(44-23-11-3-12-24-44)41-58(63-61)45-25-13-4-14-26-45/h1-30,32-41H. The topological polar surface area (TPSA) is 25.8 Å². The van der Waals surface area contributed by atoms with E-state index in [0.29, 0.717) is 5.82 Å². The summed E-state index contributed by atoms with van der Waals surface area (Å²) in [6, 6.07) is 79.7. The first-order valence-corrected chi connectivity index (χ1v) is 21.4. The summed E-state index contributed by atoms with van der Waals surface area (Å²) < 4.78 is 0. The predicted octanol–water partition coefficient (Wildman–Crippen LogP) is 16.0. The van der Waals surface area contributed by atoms with Crippen molar-refractivity contribution in [3.8, 4) is 78.1 Å². The van der Waals surface area contributed by atoms with Crippen LogP contribution in [0.15, 0.2) is 236 Å². The molecule has 0 saturated carbocycles. The van der Waals surface area contributed by atoms with Crippen LogP contribution in [0.4, 0.5) is 0 Å². The molecule has 1 heterocycles. The largest absolute Gasteiger partial charge is 0.227 e. The van der Waals surface area contributed by atoms with Crippen LogP contribution in [0.3, 0.4) is 0 Å². The Kier molecular flexibility index (Phi) is 9.88. The van der Waals surface area contributed by atoms with E-state index in [1.807, 2.05) is 12.1 Å². The van der Waals surface area contributed by atoms with Gasteiger partial charge in [0, 0.05) is 11.1 Å². The highest BCUT2D eigenvalue weighted by Crippen LogP contribution is 2.46. The van der Waals surface area contributed by atoms with E-state index < -0.39 is 0 Å². The molecule has 1 aromatic heterocycles. The van der Waals surface area contributed by atoms with Gasteiger partial charge in [0.1, 0.15) is 0 Å². The van der Waals surface area contributed by atoms with E-state index in [1.54, 1.807) is 0 Å². The molecule has 0 atom stereocenters. The Morgan fingerprint density at radius 2 is 0.698 bits per heavy atom. The van der Waals surface area contributed by atoms with Crippen molar-refractivity contribution >= 4 is 28.5 Å². The zero-order valence-electron chi connectivity index (χ0n) is 34.5. The van der Waals surface area contributed by atoms with Crippen molar-refractivity contribution in [2.75, 3.05) is 0 Å². The minimum absolute atomic E-state index is 0.623. The molecule has 2 heteroatoms. The van der Waals surface area contributed by atoms with E-state index in [-0.39, 0.29) is 0 Å². The highest BCUT2D eigenvalue weighted by molar-refractivity contribution is 6.13. The molecule has 0 aliphatic heterocycles. The van der Waals surface area contributed by atoms with Gasteiger partial charge in [0.15, 0.2) is 5.82 Å². The molecule has 0 fully saturated rings. The molecule has 1 aliphatic rings. The summed E-state index contributed by atoms with van der Waals surface area (Å²) in [4.78, 5) is 10.4. The normalized spacial score (nSPS) is 11.8. The molecule has 0 unspecified atom stereocenters. The van der Waals surface area contributed by atoms with Gasteiger partial charge in [-0.05, 0) is 120 Å². The van der Waals surface area contributed by atoms with Crippen LogP contribution in [0.25, 0.3) is 107 Å². The van der Waals surface area contributed by atoms with Crippen molar-refractivity contribution in [3.05, 3.63) is 253 Å². The zero-order chi connectivity index (χ0) is 42.0. The minimum atomic E-state index is 0.623. The number of hydrogen-bond acceptors (Lipinski definition) is 2. The van der Waals surface area contributed by atoms with E-state index >= 15 is 0 Å². The van der Waals surface area contributed by atoms with E-state index in [4.69, 9.17) is 9.97 Å². The fourth-order valence-electron chi connectivity index (χ4n) is 8.84. The van der Waals surface area contributed by atoms with Crippen molar-refractivity contribution in [2.45, 2.75) is 0 Å². The molecule has 9 aromatic carbocycles. The molecule has 0 saturated heterocycles. The Bertz CT molecular complexity index is 3250. The second kappa shape index (κ2) is 16.6. The summed E-state index contributed by atoms with van der Waals surface area (Å²) in [6.07, 6.45) is 6.56. The summed E-state index contributed by atoms with van der Waals surface area (Å²) in [5, 5.41) is 2.35. The molecule has 0 N–H and O–H groups in total. The number of allylic oxidation sites excluding steroid dienone is 2. The first-order chi connectivity index (χ1) is 31.2. The molecular formula is C61H40N2. The van der Waals surface area contributed by atoms with Gasteiger partial charge in [-0.1, -0.05) is 200 Å². The van der Waals surface area contributed by atoms with Crippen LogP contribution in [-0.4, -0.2) is 9.97 Å². The zero-order valence-corrected chi connectivity index (χ0v) is 34.5. The molecule has 294 valence electrons. The summed E-state index contributed by atoms with van der Waals surface area (Å²) in [5.74, 6) is 0.623. The second-order valence-corrected chi connectivity index (χ2v) is 15.8. The Morgan fingerprint density at radius 3 is 1.17 bits per heavy atom. The van der Waals surface area contributed by atoms with Gasteiger partial charge < -0.3 is 0 Å². The quantitative estimate of drug-likeness (QED) is 0.143. The number of aromatic nitrogens is 2. The number of rotatable bonds is 8. The number of fused-ring (bicyclic) bond motifs is 2. The fourth-order valence-corrected chi connectivity index (χ4v) is 8.84. The van der Waals surface area contributed by atoms with Crippen LogP contribution < -0.4 is 0 Å². The van der Waals surface area contributed by atoms with E-state index in [0.717, 1.165) is 67.0 Å². The maximum Gasteiger partial charge on any atom is 0.168 e. The fraction of sp³-hybridized carbons (Fsp3) is 0. The lowest BCUT2D eigenvalue weighted by Gasteiger charge is -2.21. The van der Waals surface area contributed by atoms with Crippen LogP contribution >= 0.6 is 0 Å². The summed E-state index contributed by atoms with van der Waals surface area (Å²) >= 11 is 0. The third-order valence-electron chi connectivity index (χ3n) is 11.9. The van der Waals surface area contributed by atoms with Gasteiger partial charge in [-0.25, -0.2) is 9.97 Å². The average molecular weight is 801 g/mol. The van der Waals surface area contributed by atoms with Gasteiger partial charge in [0.25, 0.3) is 0 Å². The SMILES string of the molecule is C1=Cc2c(c(-c3ccccc3)c3cc(-c4cc(-c5ccccc5)cc(-c5ccccc5)c4)ccc3c2-c2ccccc2)C=CC=1c1nc(-c2ccccc2)cc(-c2ccccc2)n1. The first kappa shape index (κ1) is 37.6. The Balaban J connectivity index is 1.15. The molecular weight excluding hydrogens is 761 g/mol. The van der Waals surface area contributed by atoms with E-state index in [1.165, 1.54) is 38.6 Å². The van der Waals surface area contributed by atoms with Gasteiger partial charge in [-0.2, -0.15) is 0 Å². The maximum absolute atomic E-state index is 5.19. The van der Waals surface area contributed by atoms with Gasteiger partial charge in [-0.15, -0.1) is 5.73 Å². The van der Waals surface area contributed by atoms with Crippen LogP contribution in [0.1, 0.15) is 17.0 Å². The molecule has 2 nitrogen and oxygen atoms in total. The molecule has 0 spiro atoms. The van der Waals surface area contributed by atoms with Crippen molar-refractivity contribution in [1.82, 2.24) is 9.97 Å².